The number of carbonyl (C=O) groups is 1. The minimum absolute atomic E-state index is 0.169. The zero-order valence-electron chi connectivity index (χ0n) is 13.7. The molecule has 7 nitrogen and oxygen atoms in total. The summed E-state index contributed by atoms with van der Waals surface area (Å²) in [6.07, 6.45) is 5.14. The van der Waals surface area contributed by atoms with Gasteiger partial charge in [0, 0.05) is 24.8 Å². The van der Waals surface area contributed by atoms with Crippen LogP contribution in [0.2, 0.25) is 0 Å². The van der Waals surface area contributed by atoms with Crippen LogP contribution < -0.4 is 10.6 Å². The average molecular weight is 317 g/mol. The molecule has 0 spiro atoms. The Morgan fingerprint density at radius 1 is 1.39 bits per heavy atom. The van der Waals surface area contributed by atoms with Gasteiger partial charge in [0.25, 0.3) is 0 Å². The molecule has 1 saturated heterocycles. The van der Waals surface area contributed by atoms with Gasteiger partial charge in [0.1, 0.15) is 17.8 Å². The fourth-order valence-electron chi connectivity index (χ4n) is 2.83. The van der Waals surface area contributed by atoms with Crippen molar-refractivity contribution in [1.29, 1.82) is 0 Å². The lowest BCUT2D eigenvalue weighted by atomic mass is 10.0. The molecule has 2 aromatic heterocycles. The monoisotopic (exact) mass is 317 g/mol. The summed E-state index contributed by atoms with van der Waals surface area (Å²) in [5, 5.41) is 7.58. The molecule has 2 aromatic rings. The van der Waals surface area contributed by atoms with E-state index in [2.05, 4.69) is 32.5 Å². The van der Waals surface area contributed by atoms with Crippen molar-refractivity contribution in [3.05, 3.63) is 18.1 Å². The zero-order chi connectivity index (χ0) is 16.4. The van der Waals surface area contributed by atoms with Gasteiger partial charge in [-0.05, 0) is 33.6 Å². The summed E-state index contributed by atoms with van der Waals surface area (Å²) >= 11 is 0. The fourth-order valence-corrected chi connectivity index (χ4v) is 2.83. The summed E-state index contributed by atoms with van der Waals surface area (Å²) in [6, 6.07) is 0.829. The molecular weight excluding hydrogens is 294 g/mol. The molecule has 0 aromatic carbocycles. The Bertz CT molecular complexity index is 689. The first kappa shape index (κ1) is 15.7. The highest BCUT2D eigenvalue weighted by Crippen LogP contribution is 2.25. The van der Waals surface area contributed by atoms with Crippen molar-refractivity contribution in [2.24, 2.45) is 0 Å². The highest BCUT2D eigenvalue weighted by atomic mass is 16.5. The summed E-state index contributed by atoms with van der Waals surface area (Å²) in [7, 11) is 0. The van der Waals surface area contributed by atoms with E-state index in [1.54, 1.807) is 6.20 Å². The van der Waals surface area contributed by atoms with E-state index in [1.165, 1.54) is 6.33 Å². The number of rotatable bonds is 4. The molecule has 124 valence electrons. The number of anilines is 1. The Kier molecular flexibility index (Phi) is 4.47. The first-order chi connectivity index (χ1) is 11.0. The maximum absolute atomic E-state index is 12.3. The number of esters is 1. The fraction of sp³-hybridized carbons (Fsp3) is 0.562. The number of nitrogens with zero attached hydrogens (tertiary/aromatic N) is 2. The Morgan fingerprint density at radius 2 is 2.22 bits per heavy atom. The molecule has 0 radical (unpaired) electrons. The van der Waals surface area contributed by atoms with E-state index < -0.39 is 0 Å². The van der Waals surface area contributed by atoms with E-state index in [0.29, 0.717) is 28.5 Å². The number of carbonyl (C=O) groups excluding carboxylic acids is 1. The number of aromatic nitrogens is 3. The molecule has 1 fully saturated rings. The van der Waals surface area contributed by atoms with Gasteiger partial charge in [-0.25, -0.2) is 14.8 Å². The predicted octanol–water partition coefficient (Wildman–Crippen LogP) is 2.08. The number of aromatic amines is 1. The van der Waals surface area contributed by atoms with Crippen molar-refractivity contribution in [3.63, 3.8) is 0 Å². The minimum Gasteiger partial charge on any atom is -0.459 e. The Hall–Kier alpha value is -2.15. The van der Waals surface area contributed by atoms with Gasteiger partial charge in [0.15, 0.2) is 0 Å². The number of nitrogens with one attached hydrogen (secondary N) is 3. The van der Waals surface area contributed by atoms with E-state index in [4.69, 9.17) is 4.74 Å². The molecule has 0 saturated carbocycles. The van der Waals surface area contributed by atoms with E-state index in [1.807, 2.05) is 13.8 Å². The lowest BCUT2D eigenvalue weighted by molar-refractivity contribution is 0.0380. The molecule has 2 atom stereocenters. The van der Waals surface area contributed by atoms with Gasteiger partial charge in [-0.15, -0.1) is 0 Å². The molecule has 0 amide bonds. The predicted molar refractivity (Wildman–Crippen MR) is 88.5 cm³/mol. The van der Waals surface area contributed by atoms with Crippen molar-refractivity contribution in [2.45, 2.75) is 51.8 Å². The normalized spacial score (nSPS) is 21.6. The van der Waals surface area contributed by atoms with Gasteiger partial charge in [-0.3, -0.25) is 0 Å². The molecule has 0 unspecified atom stereocenters. The lowest BCUT2D eigenvalue weighted by Crippen LogP contribution is -2.43. The van der Waals surface area contributed by atoms with Gasteiger partial charge in [-0.2, -0.15) is 0 Å². The van der Waals surface area contributed by atoms with Crippen molar-refractivity contribution in [3.8, 4) is 0 Å². The maximum atomic E-state index is 12.3. The van der Waals surface area contributed by atoms with E-state index >= 15 is 0 Å². The van der Waals surface area contributed by atoms with Crippen molar-refractivity contribution in [2.75, 3.05) is 11.9 Å². The molecule has 23 heavy (non-hydrogen) atoms. The first-order valence-electron chi connectivity index (χ1n) is 8.07. The SMILES string of the molecule is CC(C)OC(=O)c1c[nH]c2ncnc(N[C@@H]3CC[C@H](C)NC3)c12. The van der Waals surface area contributed by atoms with Crippen LogP contribution in [0.5, 0.6) is 0 Å². The van der Waals surface area contributed by atoms with Gasteiger partial charge < -0.3 is 20.4 Å². The Labute approximate surface area is 135 Å². The van der Waals surface area contributed by atoms with Gasteiger partial charge in [0.2, 0.25) is 0 Å². The second-order valence-corrected chi connectivity index (χ2v) is 6.33. The summed E-state index contributed by atoms with van der Waals surface area (Å²) < 4.78 is 5.31. The van der Waals surface area contributed by atoms with Crippen LogP contribution in [0.3, 0.4) is 0 Å². The molecule has 3 heterocycles. The average Bonchev–Trinajstić information content (AvgIpc) is 2.94. The third-order valence-corrected chi connectivity index (χ3v) is 4.03. The van der Waals surface area contributed by atoms with Gasteiger partial charge in [-0.1, -0.05) is 0 Å². The molecular formula is C16H23N5O2. The van der Waals surface area contributed by atoms with Crippen LogP contribution in [-0.4, -0.2) is 45.7 Å². The third-order valence-electron chi connectivity index (χ3n) is 4.03. The highest BCUT2D eigenvalue weighted by Gasteiger charge is 2.22. The van der Waals surface area contributed by atoms with Gasteiger partial charge >= 0.3 is 5.97 Å². The summed E-state index contributed by atoms with van der Waals surface area (Å²) in [5.74, 6) is 0.313. The van der Waals surface area contributed by atoms with Gasteiger partial charge in [0.05, 0.1) is 17.1 Å². The smallest absolute Gasteiger partial charge is 0.340 e. The van der Waals surface area contributed by atoms with E-state index in [0.717, 1.165) is 19.4 Å². The molecule has 1 aliphatic rings. The standard InChI is InChI=1S/C16H23N5O2/c1-9(2)23-16(22)12-7-18-14-13(12)15(20-8-19-14)21-11-5-4-10(3)17-6-11/h7-11,17H,4-6H2,1-3H3,(H2,18,19,20,21)/t10-,11+/m0/s1. The molecule has 1 aliphatic heterocycles. The van der Waals surface area contributed by atoms with Crippen LogP contribution in [0.1, 0.15) is 44.0 Å². The number of hydrogen-bond acceptors (Lipinski definition) is 6. The Morgan fingerprint density at radius 3 is 2.91 bits per heavy atom. The van der Waals surface area contributed by atoms with Crippen LogP contribution in [0.15, 0.2) is 12.5 Å². The van der Waals surface area contributed by atoms with Crippen LogP contribution in [0.4, 0.5) is 5.82 Å². The highest BCUT2D eigenvalue weighted by molar-refractivity contribution is 6.07. The van der Waals surface area contributed by atoms with Crippen LogP contribution in [0, 0.1) is 0 Å². The second kappa shape index (κ2) is 6.54. The van der Waals surface area contributed by atoms with Crippen LogP contribution in [-0.2, 0) is 4.74 Å². The third kappa shape index (κ3) is 3.44. The number of hydrogen-bond donors (Lipinski definition) is 3. The second-order valence-electron chi connectivity index (χ2n) is 6.33. The Balaban J connectivity index is 1.88. The molecule has 3 rings (SSSR count). The summed E-state index contributed by atoms with van der Waals surface area (Å²) in [6.45, 7) is 6.72. The minimum atomic E-state index is -0.362. The molecule has 0 bridgehead atoms. The molecule has 3 N–H and O–H groups in total. The lowest BCUT2D eigenvalue weighted by Gasteiger charge is -2.28. The van der Waals surface area contributed by atoms with E-state index in [9.17, 15) is 4.79 Å². The maximum Gasteiger partial charge on any atom is 0.340 e. The van der Waals surface area contributed by atoms with Crippen molar-refractivity contribution < 1.29 is 9.53 Å². The van der Waals surface area contributed by atoms with Crippen molar-refractivity contribution >= 4 is 22.8 Å². The topological polar surface area (TPSA) is 91.9 Å². The first-order valence-corrected chi connectivity index (χ1v) is 8.07. The largest absolute Gasteiger partial charge is 0.459 e. The molecule has 7 heteroatoms. The molecule has 0 aliphatic carbocycles. The quantitative estimate of drug-likeness (QED) is 0.748. The number of piperidine rings is 1. The number of ether oxygens (including phenoxy) is 1. The summed E-state index contributed by atoms with van der Waals surface area (Å²) in [5.41, 5.74) is 1.10. The van der Waals surface area contributed by atoms with Crippen LogP contribution >= 0.6 is 0 Å². The number of H-pyrrole nitrogens is 1. The number of fused-ring (bicyclic) bond motifs is 1. The zero-order valence-corrected chi connectivity index (χ0v) is 13.7. The van der Waals surface area contributed by atoms with Crippen molar-refractivity contribution in [1.82, 2.24) is 20.3 Å². The van der Waals surface area contributed by atoms with Crippen LogP contribution in [0.25, 0.3) is 11.0 Å². The summed E-state index contributed by atoms with van der Waals surface area (Å²) in [4.78, 5) is 23.8. The van der Waals surface area contributed by atoms with E-state index in [-0.39, 0.29) is 18.1 Å².